The van der Waals surface area contributed by atoms with Crippen LogP contribution in [0.4, 0.5) is 0 Å². The number of hydrogen-bond donors (Lipinski definition) is 1. The standard InChI is InChI=1S/C16H16BrNO2/c1-11-4-3-5-14(15(11)19)16(20)18(2)10-12-6-8-13(17)9-7-12/h3-9,19H,10H2,1-2H3. The van der Waals surface area contributed by atoms with Crippen molar-refractivity contribution in [1.82, 2.24) is 4.90 Å². The minimum atomic E-state index is -0.186. The second-order valence-electron chi connectivity index (χ2n) is 4.76. The number of aromatic hydroxyl groups is 1. The summed E-state index contributed by atoms with van der Waals surface area (Å²) < 4.78 is 1.01. The van der Waals surface area contributed by atoms with E-state index in [0.717, 1.165) is 10.0 Å². The Morgan fingerprint density at radius 3 is 2.50 bits per heavy atom. The second-order valence-corrected chi connectivity index (χ2v) is 5.67. The van der Waals surface area contributed by atoms with Gasteiger partial charge in [-0.2, -0.15) is 0 Å². The van der Waals surface area contributed by atoms with Crippen molar-refractivity contribution in [2.45, 2.75) is 13.5 Å². The Labute approximate surface area is 127 Å². The van der Waals surface area contributed by atoms with E-state index < -0.39 is 0 Å². The fraction of sp³-hybridized carbons (Fsp3) is 0.188. The molecule has 0 saturated heterocycles. The number of carbonyl (C=O) groups is 1. The number of hydrogen-bond acceptors (Lipinski definition) is 2. The van der Waals surface area contributed by atoms with Crippen LogP contribution in [0.3, 0.4) is 0 Å². The Hall–Kier alpha value is -1.81. The van der Waals surface area contributed by atoms with Crippen molar-refractivity contribution in [3.63, 3.8) is 0 Å². The molecule has 0 atom stereocenters. The van der Waals surface area contributed by atoms with Crippen molar-refractivity contribution in [3.8, 4) is 5.75 Å². The number of nitrogens with zero attached hydrogens (tertiary/aromatic N) is 1. The molecule has 3 nitrogen and oxygen atoms in total. The predicted octanol–water partition coefficient (Wildman–Crippen LogP) is 3.74. The summed E-state index contributed by atoms with van der Waals surface area (Å²) in [7, 11) is 1.73. The quantitative estimate of drug-likeness (QED) is 0.929. The van der Waals surface area contributed by atoms with Gasteiger partial charge >= 0.3 is 0 Å². The minimum Gasteiger partial charge on any atom is -0.507 e. The maximum absolute atomic E-state index is 12.3. The van der Waals surface area contributed by atoms with Crippen LogP contribution in [0.2, 0.25) is 0 Å². The van der Waals surface area contributed by atoms with Crippen LogP contribution in [-0.2, 0) is 6.54 Å². The molecule has 0 aliphatic carbocycles. The minimum absolute atomic E-state index is 0.0557. The molecular weight excluding hydrogens is 318 g/mol. The van der Waals surface area contributed by atoms with Gasteiger partial charge in [-0.15, -0.1) is 0 Å². The number of rotatable bonds is 3. The molecule has 104 valence electrons. The van der Waals surface area contributed by atoms with Crippen molar-refractivity contribution in [1.29, 1.82) is 0 Å². The molecule has 0 radical (unpaired) electrons. The summed E-state index contributed by atoms with van der Waals surface area (Å²) in [5.41, 5.74) is 2.08. The maximum Gasteiger partial charge on any atom is 0.257 e. The highest BCUT2D eigenvalue weighted by atomic mass is 79.9. The van der Waals surface area contributed by atoms with Crippen LogP contribution in [0.15, 0.2) is 46.9 Å². The van der Waals surface area contributed by atoms with E-state index in [4.69, 9.17) is 0 Å². The Kier molecular flexibility index (Phi) is 4.45. The predicted molar refractivity (Wildman–Crippen MR) is 82.8 cm³/mol. The summed E-state index contributed by atoms with van der Waals surface area (Å²) in [4.78, 5) is 13.9. The molecule has 20 heavy (non-hydrogen) atoms. The molecule has 0 heterocycles. The summed E-state index contributed by atoms with van der Waals surface area (Å²) in [6, 6.07) is 13.0. The van der Waals surface area contributed by atoms with Crippen LogP contribution in [0, 0.1) is 6.92 Å². The Balaban J connectivity index is 2.16. The molecule has 0 saturated carbocycles. The first kappa shape index (κ1) is 14.6. The number of amides is 1. The molecule has 0 aliphatic heterocycles. The van der Waals surface area contributed by atoms with Crippen molar-refractivity contribution < 1.29 is 9.90 Å². The highest BCUT2D eigenvalue weighted by Crippen LogP contribution is 2.23. The molecule has 2 rings (SSSR count). The lowest BCUT2D eigenvalue weighted by Gasteiger charge is -2.18. The van der Waals surface area contributed by atoms with Crippen LogP contribution < -0.4 is 0 Å². The normalized spacial score (nSPS) is 10.3. The molecule has 0 aromatic heterocycles. The highest BCUT2D eigenvalue weighted by Gasteiger charge is 2.16. The molecule has 0 unspecified atom stereocenters. The number of benzene rings is 2. The fourth-order valence-electron chi connectivity index (χ4n) is 1.97. The van der Waals surface area contributed by atoms with Gasteiger partial charge < -0.3 is 10.0 Å². The van der Waals surface area contributed by atoms with Crippen molar-refractivity contribution in [3.05, 3.63) is 63.6 Å². The summed E-state index contributed by atoms with van der Waals surface area (Å²) in [6.45, 7) is 2.28. The molecule has 0 bridgehead atoms. The highest BCUT2D eigenvalue weighted by molar-refractivity contribution is 9.10. The molecule has 4 heteroatoms. The third-order valence-corrected chi connectivity index (χ3v) is 3.68. The maximum atomic E-state index is 12.3. The van der Waals surface area contributed by atoms with E-state index in [2.05, 4.69) is 15.9 Å². The van der Waals surface area contributed by atoms with Gasteiger partial charge in [0.05, 0.1) is 5.56 Å². The first-order valence-corrected chi connectivity index (χ1v) is 7.07. The monoisotopic (exact) mass is 333 g/mol. The summed E-state index contributed by atoms with van der Waals surface area (Å²) in [6.07, 6.45) is 0. The van der Waals surface area contributed by atoms with Crippen molar-refractivity contribution in [2.24, 2.45) is 0 Å². The van der Waals surface area contributed by atoms with Gasteiger partial charge in [-0.25, -0.2) is 0 Å². The van der Waals surface area contributed by atoms with Gasteiger partial charge in [-0.3, -0.25) is 4.79 Å². The summed E-state index contributed by atoms with van der Waals surface area (Å²) in [5.74, 6) is -0.130. The van der Waals surface area contributed by atoms with Gasteiger partial charge in [0.1, 0.15) is 5.75 Å². The van der Waals surface area contributed by atoms with Crippen LogP contribution in [0.1, 0.15) is 21.5 Å². The largest absolute Gasteiger partial charge is 0.507 e. The number of phenols is 1. The molecule has 0 fully saturated rings. The van der Waals surface area contributed by atoms with E-state index in [1.165, 1.54) is 0 Å². The van der Waals surface area contributed by atoms with Gasteiger partial charge in [0.15, 0.2) is 0 Å². The van der Waals surface area contributed by atoms with E-state index >= 15 is 0 Å². The molecule has 0 spiro atoms. The first-order chi connectivity index (χ1) is 9.49. The lowest BCUT2D eigenvalue weighted by Crippen LogP contribution is -2.26. The third-order valence-electron chi connectivity index (χ3n) is 3.15. The zero-order valence-electron chi connectivity index (χ0n) is 11.4. The molecular formula is C16H16BrNO2. The number of aryl methyl sites for hydroxylation is 1. The van der Waals surface area contributed by atoms with Gasteiger partial charge in [-0.1, -0.05) is 40.2 Å². The molecule has 2 aromatic carbocycles. The zero-order valence-corrected chi connectivity index (χ0v) is 13.0. The Morgan fingerprint density at radius 2 is 1.85 bits per heavy atom. The van der Waals surface area contributed by atoms with E-state index in [1.54, 1.807) is 37.1 Å². The van der Waals surface area contributed by atoms with E-state index in [1.807, 2.05) is 24.3 Å². The molecule has 2 aromatic rings. The van der Waals surface area contributed by atoms with E-state index in [-0.39, 0.29) is 11.7 Å². The fourth-order valence-corrected chi connectivity index (χ4v) is 2.24. The zero-order chi connectivity index (χ0) is 14.7. The van der Waals surface area contributed by atoms with Gasteiger partial charge in [0, 0.05) is 18.1 Å². The van der Waals surface area contributed by atoms with Crippen molar-refractivity contribution in [2.75, 3.05) is 7.05 Å². The summed E-state index contributed by atoms with van der Waals surface area (Å²) in [5, 5.41) is 9.97. The summed E-state index contributed by atoms with van der Waals surface area (Å²) >= 11 is 3.38. The Morgan fingerprint density at radius 1 is 1.20 bits per heavy atom. The van der Waals surface area contributed by atoms with E-state index in [9.17, 15) is 9.90 Å². The van der Waals surface area contributed by atoms with Crippen molar-refractivity contribution >= 4 is 21.8 Å². The van der Waals surface area contributed by atoms with Gasteiger partial charge in [0.25, 0.3) is 5.91 Å². The van der Waals surface area contributed by atoms with Crippen LogP contribution in [0.25, 0.3) is 0 Å². The smallest absolute Gasteiger partial charge is 0.257 e. The van der Waals surface area contributed by atoms with Gasteiger partial charge in [0.2, 0.25) is 0 Å². The van der Waals surface area contributed by atoms with Crippen LogP contribution in [-0.4, -0.2) is 23.0 Å². The topological polar surface area (TPSA) is 40.5 Å². The first-order valence-electron chi connectivity index (χ1n) is 6.27. The van der Waals surface area contributed by atoms with E-state index in [0.29, 0.717) is 17.7 Å². The number of carbonyl (C=O) groups excluding carboxylic acids is 1. The Bertz CT molecular complexity index is 623. The number of halogens is 1. The lowest BCUT2D eigenvalue weighted by atomic mass is 10.1. The average Bonchev–Trinajstić information content (AvgIpc) is 2.43. The van der Waals surface area contributed by atoms with Crippen LogP contribution in [0.5, 0.6) is 5.75 Å². The average molecular weight is 334 g/mol. The van der Waals surface area contributed by atoms with Gasteiger partial charge in [-0.05, 0) is 36.2 Å². The number of phenolic OH excluding ortho intramolecular Hbond substituents is 1. The lowest BCUT2D eigenvalue weighted by molar-refractivity contribution is 0.0782. The number of para-hydroxylation sites is 1. The molecule has 0 aliphatic rings. The molecule has 1 N–H and O–H groups in total. The van der Waals surface area contributed by atoms with Crippen LogP contribution >= 0.6 is 15.9 Å². The second kappa shape index (κ2) is 6.09. The third kappa shape index (κ3) is 3.20. The molecule has 1 amide bonds. The SMILES string of the molecule is Cc1cccc(C(=O)N(C)Cc2ccc(Br)cc2)c1O.